The molecule has 0 saturated carbocycles. The number of esters is 1. The molecule has 1 amide bonds. The zero-order chi connectivity index (χ0) is 22.1. The number of sulfonamides is 1. The first-order valence-corrected chi connectivity index (χ1v) is 11.2. The molecule has 0 atom stereocenters. The molecule has 162 valence electrons. The molecule has 0 radical (unpaired) electrons. The molecule has 1 aromatic heterocycles. The number of hydrogen-bond donors (Lipinski definition) is 0. The highest BCUT2D eigenvalue weighted by Gasteiger charge is 2.29. The van der Waals surface area contributed by atoms with Crippen molar-refractivity contribution in [1.29, 1.82) is 0 Å². The van der Waals surface area contributed by atoms with Crippen molar-refractivity contribution in [2.45, 2.75) is 31.2 Å². The molecule has 2 aromatic rings. The number of halogens is 1. The van der Waals surface area contributed by atoms with E-state index >= 15 is 0 Å². The van der Waals surface area contributed by atoms with Gasteiger partial charge in [0.2, 0.25) is 10.0 Å². The average Bonchev–Trinajstić information content (AvgIpc) is 3.37. The van der Waals surface area contributed by atoms with E-state index in [0.29, 0.717) is 24.6 Å². The number of furan rings is 1. The third-order valence-corrected chi connectivity index (χ3v) is 7.21. The van der Waals surface area contributed by atoms with Gasteiger partial charge in [0.1, 0.15) is 17.1 Å². The standard InChI is InChI=1S/C20H23ClN2O6S/c1-13-16(20(25)28-3)10-14(29-13)12-22(2)19(24)17-11-15(6-7-18(17)21)30(26,27)23-8-4-5-9-23/h6-7,10-11H,4-5,8-9,12H2,1-3H3. The highest BCUT2D eigenvalue weighted by atomic mass is 35.5. The lowest BCUT2D eigenvalue weighted by molar-refractivity contribution is 0.0598. The Hall–Kier alpha value is -2.36. The average molecular weight is 455 g/mol. The van der Waals surface area contributed by atoms with Crippen molar-refractivity contribution in [2.24, 2.45) is 0 Å². The smallest absolute Gasteiger partial charge is 0.341 e. The molecule has 0 N–H and O–H groups in total. The normalized spacial score (nSPS) is 14.7. The van der Waals surface area contributed by atoms with Crippen LogP contribution in [0.5, 0.6) is 0 Å². The van der Waals surface area contributed by atoms with Crippen LogP contribution in [0.15, 0.2) is 33.6 Å². The van der Waals surface area contributed by atoms with Gasteiger partial charge in [-0.05, 0) is 44.0 Å². The summed E-state index contributed by atoms with van der Waals surface area (Å²) in [5.74, 6) is -0.221. The SMILES string of the molecule is COC(=O)c1cc(CN(C)C(=O)c2cc(S(=O)(=O)N3CCCC3)ccc2Cl)oc1C. The predicted octanol–water partition coefficient (Wildman–Crippen LogP) is 3.08. The highest BCUT2D eigenvalue weighted by Crippen LogP contribution is 2.26. The van der Waals surface area contributed by atoms with Crippen molar-refractivity contribution in [3.05, 3.63) is 51.9 Å². The number of aryl methyl sites for hydroxylation is 1. The Labute approximate surface area is 180 Å². The maximum absolute atomic E-state index is 13.0. The van der Waals surface area contributed by atoms with E-state index in [-0.39, 0.29) is 27.6 Å². The van der Waals surface area contributed by atoms with Crippen molar-refractivity contribution in [2.75, 3.05) is 27.2 Å². The summed E-state index contributed by atoms with van der Waals surface area (Å²) in [4.78, 5) is 26.1. The third kappa shape index (κ3) is 4.38. The van der Waals surface area contributed by atoms with E-state index in [4.69, 9.17) is 20.8 Å². The third-order valence-electron chi connectivity index (χ3n) is 4.98. The van der Waals surface area contributed by atoms with E-state index < -0.39 is 21.9 Å². The summed E-state index contributed by atoms with van der Waals surface area (Å²) in [6.07, 6.45) is 1.63. The first-order valence-electron chi connectivity index (χ1n) is 9.38. The first-order chi connectivity index (χ1) is 14.1. The highest BCUT2D eigenvalue weighted by molar-refractivity contribution is 7.89. The summed E-state index contributed by atoms with van der Waals surface area (Å²) < 4.78 is 37.3. The minimum atomic E-state index is -3.68. The summed E-state index contributed by atoms with van der Waals surface area (Å²) in [7, 11) is -0.866. The van der Waals surface area contributed by atoms with Crippen molar-refractivity contribution >= 4 is 33.5 Å². The molecular formula is C20H23ClN2O6S. The summed E-state index contributed by atoms with van der Waals surface area (Å²) in [5.41, 5.74) is 0.362. The number of hydrogen-bond acceptors (Lipinski definition) is 6. The van der Waals surface area contributed by atoms with Gasteiger partial charge < -0.3 is 14.1 Å². The van der Waals surface area contributed by atoms with Crippen LogP contribution in [0.2, 0.25) is 5.02 Å². The molecular weight excluding hydrogens is 432 g/mol. The Morgan fingerprint density at radius 2 is 1.87 bits per heavy atom. The van der Waals surface area contributed by atoms with Crippen LogP contribution in [0.3, 0.4) is 0 Å². The van der Waals surface area contributed by atoms with Gasteiger partial charge >= 0.3 is 5.97 Å². The molecule has 0 unspecified atom stereocenters. The van der Waals surface area contributed by atoms with Crippen LogP contribution in [0.1, 0.15) is 45.1 Å². The maximum Gasteiger partial charge on any atom is 0.341 e. The molecule has 1 fully saturated rings. The maximum atomic E-state index is 13.0. The van der Waals surface area contributed by atoms with Crippen LogP contribution in [-0.4, -0.2) is 56.7 Å². The van der Waals surface area contributed by atoms with Crippen LogP contribution in [0, 0.1) is 6.92 Å². The van der Waals surface area contributed by atoms with Crippen LogP contribution in [0.25, 0.3) is 0 Å². The van der Waals surface area contributed by atoms with Crippen molar-refractivity contribution in [3.8, 4) is 0 Å². The van der Waals surface area contributed by atoms with E-state index in [0.717, 1.165) is 12.8 Å². The lowest BCUT2D eigenvalue weighted by atomic mass is 10.2. The number of carbonyl (C=O) groups excluding carboxylic acids is 2. The molecule has 10 heteroatoms. The second kappa shape index (κ2) is 8.79. The van der Waals surface area contributed by atoms with Crippen molar-refractivity contribution in [1.82, 2.24) is 9.21 Å². The fourth-order valence-corrected chi connectivity index (χ4v) is 5.09. The van der Waals surface area contributed by atoms with Gasteiger partial charge in [-0.1, -0.05) is 11.6 Å². The number of rotatable bonds is 6. The van der Waals surface area contributed by atoms with E-state index in [2.05, 4.69) is 0 Å². The minimum Gasteiger partial charge on any atom is -0.465 e. The van der Waals surface area contributed by atoms with Gasteiger partial charge in [-0.25, -0.2) is 13.2 Å². The lowest BCUT2D eigenvalue weighted by Gasteiger charge is -2.19. The molecule has 0 aliphatic carbocycles. The predicted molar refractivity (Wildman–Crippen MR) is 110 cm³/mol. The molecule has 1 aliphatic heterocycles. The minimum absolute atomic E-state index is 0.0346. The van der Waals surface area contributed by atoms with Gasteiger partial charge in [0.05, 0.1) is 29.1 Å². The molecule has 30 heavy (non-hydrogen) atoms. The molecule has 8 nitrogen and oxygen atoms in total. The Morgan fingerprint density at radius 1 is 1.20 bits per heavy atom. The molecule has 1 aliphatic rings. The van der Waals surface area contributed by atoms with E-state index in [1.54, 1.807) is 6.92 Å². The van der Waals surface area contributed by atoms with Gasteiger partial charge in [0.25, 0.3) is 5.91 Å². The summed E-state index contributed by atoms with van der Waals surface area (Å²) in [6.45, 7) is 2.63. The lowest BCUT2D eigenvalue weighted by Crippen LogP contribution is -2.29. The van der Waals surface area contributed by atoms with Gasteiger partial charge in [-0.3, -0.25) is 4.79 Å². The first kappa shape index (κ1) is 22.3. The molecule has 0 spiro atoms. The fraction of sp³-hybridized carbons (Fsp3) is 0.400. The summed E-state index contributed by atoms with van der Waals surface area (Å²) >= 11 is 6.20. The number of ether oxygens (including phenoxy) is 1. The fourth-order valence-electron chi connectivity index (χ4n) is 3.35. The Bertz CT molecular complexity index is 1070. The van der Waals surface area contributed by atoms with Gasteiger partial charge in [0, 0.05) is 20.1 Å². The van der Waals surface area contributed by atoms with Crippen LogP contribution < -0.4 is 0 Å². The van der Waals surface area contributed by atoms with Gasteiger partial charge in [-0.2, -0.15) is 4.31 Å². The van der Waals surface area contributed by atoms with Crippen molar-refractivity contribution in [3.63, 3.8) is 0 Å². The molecule has 0 bridgehead atoms. The van der Waals surface area contributed by atoms with E-state index in [9.17, 15) is 18.0 Å². The number of benzene rings is 1. The Balaban J connectivity index is 1.83. The monoisotopic (exact) mass is 454 g/mol. The second-order valence-electron chi connectivity index (χ2n) is 7.09. The molecule has 2 heterocycles. The van der Waals surface area contributed by atoms with Gasteiger partial charge in [0.15, 0.2) is 0 Å². The molecule has 3 rings (SSSR count). The Morgan fingerprint density at radius 3 is 2.50 bits per heavy atom. The number of amides is 1. The zero-order valence-electron chi connectivity index (χ0n) is 17.0. The largest absolute Gasteiger partial charge is 0.465 e. The van der Waals surface area contributed by atoms with Crippen LogP contribution >= 0.6 is 11.6 Å². The van der Waals surface area contributed by atoms with Crippen molar-refractivity contribution < 1.29 is 27.2 Å². The number of nitrogens with zero attached hydrogens (tertiary/aromatic N) is 2. The topological polar surface area (TPSA) is 97.1 Å². The zero-order valence-corrected chi connectivity index (χ0v) is 18.5. The molecule has 1 aromatic carbocycles. The van der Waals surface area contributed by atoms with Gasteiger partial charge in [-0.15, -0.1) is 0 Å². The van der Waals surface area contributed by atoms with Crippen LogP contribution in [-0.2, 0) is 21.3 Å². The van der Waals surface area contributed by atoms with E-state index in [1.807, 2.05) is 0 Å². The summed E-state index contributed by atoms with van der Waals surface area (Å²) in [5, 5.41) is 0.151. The Kier molecular flexibility index (Phi) is 6.54. The molecule has 1 saturated heterocycles. The second-order valence-corrected chi connectivity index (χ2v) is 9.43. The van der Waals surface area contributed by atoms with E-state index in [1.165, 1.54) is 47.6 Å². The van der Waals surface area contributed by atoms with Crippen LogP contribution in [0.4, 0.5) is 0 Å². The summed E-state index contributed by atoms with van der Waals surface area (Å²) in [6, 6.07) is 5.65. The number of methoxy groups -OCH3 is 1. The quantitative estimate of drug-likeness (QED) is 0.622. The number of carbonyl (C=O) groups is 2.